The molecule has 1 aromatic rings. The summed E-state index contributed by atoms with van der Waals surface area (Å²) in [7, 11) is 0. The third kappa shape index (κ3) is 2.90. The topological polar surface area (TPSA) is 68.0 Å². The zero-order valence-electron chi connectivity index (χ0n) is 13.9. The molecular formula is C17H25N3O2S. The molecule has 2 atom stereocenters. The highest BCUT2D eigenvalue weighted by molar-refractivity contribution is 7.99. The number of aromatic nitrogens is 2. The Morgan fingerprint density at radius 3 is 2.65 bits per heavy atom. The fraction of sp³-hybridized carbons (Fsp3) is 0.824. The van der Waals surface area contributed by atoms with E-state index in [9.17, 15) is 4.79 Å². The summed E-state index contributed by atoms with van der Waals surface area (Å²) in [5.74, 6) is 2.65. The van der Waals surface area contributed by atoms with Crippen LogP contribution in [0, 0.1) is 24.2 Å². The Morgan fingerprint density at radius 2 is 2.04 bits per heavy atom. The van der Waals surface area contributed by atoms with E-state index in [1.54, 1.807) is 6.92 Å². The van der Waals surface area contributed by atoms with Gasteiger partial charge in [0, 0.05) is 12.5 Å². The second kappa shape index (κ2) is 5.50. The molecule has 1 heterocycles. The minimum atomic E-state index is 0.0580. The van der Waals surface area contributed by atoms with Crippen molar-refractivity contribution in [1.82, 2.24) is 15.5 Å². The fourth-order valence-electron chi connectivity index (χ4n) is 5.81. The highest BCUT2D eigenvalue weighted by atomic mass is 32.2. The molecule has 1 amide bonds. The number of amides is 1. The van der Waals surface area contributed by atoms with Gasteiger partial charge in [-0.3, -0.25) is 4.79 Å². The fourth-order valence-corrected chi connectivity index (χ4v) is 6.41. The molecule has 4 bridgehead atoms. The number of aryl methyl sites for hydroxylation is 1. The van der Waals surface area contributed by atoms with Crippen LogP contribution in [0.4, 0.5) is 0 Å². The minimum absolute atomic E-state index is 0.0580. The molecule has 0 spiro atoms. The first-order valence-corrected chi connectivity index (χ1v) is 9.72. The van der Waals surface area contributed by atoms with Gasteiger partial charge in [0.05, 0.1) is 5.75 Å². The van der Waals surface area contributed by atoms with Crippen LogP contribution in [0.5, 0.6) is 0 Å². The highest BCUT2D eigenvalue weighted by Crippen LogP contribution is 2.62. The second-order valence-corrected chi connectivity index (χ2v) is 8.95. The number of carbonyl (C=O) groups excluding carboxylic acids is 1. The van der Waals surface area contributed by atoms with E-state index in [1.807, 2.05) is 0 Å². The van der Waals surface area contributed by atoms with Gasteiger partial charge in [0.15, 0.2) is 0 Å². The molecule has 4 aliphatic rings. The Labute approximate surface area is 141 Å². The Bertz CT molecular complexity index is 601. The number of hydrogen-bond acceptors (Lipinski definition) is 5. The SMILES string of the molecule is CCC12C[C@@H]3C[C@@H](C1)CC(NC(=O)CSc1nnc(C)o1)(C3)C2. The van der Waals surface area contributed by atoms with Crippen molar-refractivity contribution in [3.8, 4) is 0 Å². The lowest BCUT2D eigenvalue weighted by Crippen LogP contribution is -2.63. The Hall–Kier alpha value is -1.04. The maximum atomic E-state index is 12.5. The van der Waals surface area contributed by atoms with Crippen LogP contribution in [-0.4, -0.2) is 27.4 Å². The van der Waals surface area contributed by atoms with Crippen molar-refractivity contribution < 1.29 is 9.21 Å². The summed E-state index contributed by atoms with van der Waals surface area (Å²) in [6.45, 7) is 4.09. The smallest absolute Gasteiger partial charge is 0.277 e. The minimum Gasteiger partial charge on any atom is -0.416 e. The van der Waals surface area contributed by atoms with E-state index in [1.165, 1.54) is 56.7 Å². The Morgan fingerprint density at radius 1 is 1.30 bits per heavy atom. The van der Waals surface area contributed by atoms with Gasteiger partial charge in [0.2, 0.25) is 11.8 Å². The van der Waals surface area contributed by atoms with Crippen LogP contribution in [-0.2, 0) is 4.79 Å². The highest BCUT2D eigenvalue weighted by Gasteiger charge is 2.57. The maximum Gasteiger partial charge on any atom is 0.277 e. The first-order valence-electron chi connectivity index (χ1n) is 8.74. The number of thioether (sulfide) groups is 1. The summed E-state index contributed by atoms with van der Waals surface area (Å²) < 4.78 is 5.32. The van der Waals surface area contributed by atoms with E-state index in [4.69, 9.17) is 4.42 Å². The van der Waals surface area contributed by atoms with E-state index in [0.717, 1.165) is 11.8 Å². The monoisotopic (exact) mass is 335 g/mol. The van der Waals surface area contributed by atoms with Gasteiger partial charge in [-0.05, 0) is 55.8 Å². The predicted octanol–water partition coefficient (Wildman–Crippen LogP) is 3.34. The summed E-state index contributed by atoms with van der Waals surface area (Å²) in [4.78, 5) is 12.5. The van der Waals surface area contributed by atoms with Gasteiger partial charge in [-0.1, -0.05) is 25.1 Å². The molecular weight excluding hydrogens is 310 g/mol. The number of rotatable bonds is 5. The van der Waals surface area contributed by atoms with Gasteiger partial charge in [0.25, 0.3) is 5.22 Å². The first-order chi connectivity index (χ1) is 11.0. The quantitative estimate of drug-likeness (QED) is 0.836. The third-order valence-electron chi connectivity index (χ3n) is 6.17. The number of nitrogens with zero attached hydrogens (tertiary/aromatic N) is 2. The zero-order valence-corrected chi connectivity index (χ0v) is 14.7. The summed E-state index contributed by atoms with van der Waals surface area (Å²) in [5, 5.41) is 11.6. The second-order valence-electron chi connectivity index (χ2n) is 8.02. The van der Waals surface area contributed by atoms with Crippen LogP contribution < -0.4 is 5.32 Å². The molecule has 0 unspecified atom stereocenters. The van der Waals surface area contributed by atoms with Crippen molar-refractivity contribution in [2.75, 3.05) is 5.75 Å². The molecule has 0 radical (unpaired) electrons. The van der Waals surface area contributed by atoms with Crippen molar-refractivity contribution in [3.63, 3.8) is 0 Å². The molecule has 4 aliphatic carbocycles. The maximum absolute atomic E-state index is 12.5. The molecule has 4 saturated carbocycles. The molecule has 4 fully saturated rings. The van der Waals surface area contributed by atoms with Crippen LogP contribution in [0.1, 0.15) is 57.8 Å². The lowest BCUT2D eigenvalue weighted by atomic mass is 9.46. The average molecular weight is 335 g/mol. The van der Waals surface area contributed by atoms with E-state index >= 15 is 0 Å². The van der Waals surface area contributed by atoms with Crippen LogP contribution in [0.3, 0.4) is 0 Å². The van der Waals surface area contributed by atoms with Crippen molar-refractivity contribution in [2.24, 2.45) is 17.3 Å². The van der Waals surface area contributed by atoms with E-state index in [-0.39, 0.29) is 11.4 Å². The normalized spacial score (nSPS) is 38.0. The van der Waals surface area contributed by atoms with Gasteiger partial charge in [-0.25, -0.2) is 0 Å². The molecule has 23 heavy (non-hydrogen) atoms. The lowest BCUT2D eigenvalue weighted by Gasteiger charge is -2.62. The summed E-state index contributed by atoms with van der Waals surface area (Å²) in [6, 6.07) is 0. The van der Waals surface area contributed by atoms with Crippen molar-refractivity contribution in [3.05, 3.63) is 5.89 Å². The summed E-state index contributed by atoms with van der Waals surface area (Å²) in [6.07, 6.45) is 8.95. The standard InChI is InChI=1S/C17H25N3O2S/c1-3-16-5-12-4-13(6-16)8-17(7-12,10-16)18-14(21)9-23-15-20-19-11(2)22-15/h12-13H,3-10H2,1-2H3,(H,18,21)/t12-,13-,16?,17?/m0/s1. The van der Waals surface area contributed by atoms with Crippen molar-refractivity contribution >= 4 is 17.7 Å². The molecule has 1 aromatic heterocycles. The predicted molar refractivity (Wildman–Crippen MR) is 88.0 cm³/mol. The van der Waals surface area contributed by atoms with Crippen molar-refractivity contribution in [1.29, 1.82) is 0 Å². The molecule has 6 heteroatoms. The molecule has 5 rings (SSSR count). The Kier molecular flexibility index (Phi) is 3.70. The van der Waals surface area contributed by atoms with Gasteiger partial charge < -0.3 is 9.73 Å². The number of hydrogen-bond donors (Lipinski definition) is 1. The summed E-state index contributed by atoms with van der Waals surface area (Å²) in [5.41, 5.74) is 0.552. The molecule has 0 aromatic carbocycles. The summed E-state index contributed by atoms with van der Waals surface area (Å²) >= 11 is 1.33. The van der Waals surface area contributed by atoms with Gasteiger partial charge in [-0.2, -0.15) is 0 Å². The van der Waals surface area contributed by atoms with Crippen LogP contribution in [0.15, 0.2) is 9.64 Å². The lowest BCUT2D eigenvalue weighted by molar-refractivity contribution is -0.129. The van der Waals surface area contributed by atoms with Crippen molar-refractivity contribution in [2.45, 2.75) is 69.6 Å². The zero-order chi connectivity index (χ0) is 16.1. The van der Waals surface area contributed by atoms with E-state index in [0.29, 0.717) is 22.3 Å². The molecule has 126 valence electrons. The largest absolute Gasteiger partial charge is 0.416 e. The van der Waals surface area contributed by atoms with Gasteiger partial charge in [0.1, 0.15) is 0 Å². The van der Waals surface area contributed by atoms with Gasteiger partial charge >= 0.3 is 0 Å². The van der Waals surface area contributed by atoms with Crippen LogP contribution in [0.25, 0.3) is 0 Å². The van der Waals surface area contributed by atoms with E-state index in [2.05, 4.69) is 22.4 Å². The average Bonchev–Trinajstić information content (AvgIpc) is 2.89. The number of nitrogens with one attached hydrogen (secondary N) is 1. The van der Waals surface area contributed by atoms with Crippen LogP contribution in [0.2, 0.25) is 0 Å². The first kappa shape index (κ1) is 15.5. The molecule has 1 N–H and O–H groups in total. The third-order valence-corrected chi connectivity index (χ3v) is 6.99. The Balaban J connectivity index is 1.40. The molecule has 0 aliphatic heterocycles. The van der Waals surface area contributed by atoms with Crippen LogP contribution >= 0.6 is 11.8 Å². The van der Waals surface area contributed by atoms with E-state index < -0.39 is 0 Å². The number of carbonyl (C=O) groups is 1. The molecule has 0 saturated heterocycles. The molecule has 5 nitrogen and oxygen atoms in total. The van der Waals surface area contributed by atoms with Gasteiger partial charge in [-0.15, -0.1) is 10.2 Å².